The van der Waals surface area contributed by atoms with Crippen molar-refractivity contribution in [3.63, 3.8) is 0 Å². The van der Waals surface area contributed by atoms with Crippen LogP contribution in [0.25, 0.3) is 0 Å². The molecule has 0 unspecified atom stereocenters. The van der Waals surface area contributed by atoms with Crippen LogP contribution >= 0.6 is 22.6 Å². The van der Waals surface area contributed by atoms with Gasteiger partial charge in [-0.1, -0.05) is 18.2 Å². The average Bonchev–Trinajstić information content (AvgIpc) is 2.46. The van der Waals surface area contributed by atoms with Crippen LogP contribution in [0, 0.1) is 3.57 Å². The number of carbonyl (C=O) groups is 1. The Labute approximate surface area is 139 Å². The van der Waals surface area contributed by atoms with Crippen molar-refractivity contribution in [1.29, 1.82) is 0 Å². The number of amides is 1. The van der Waals surface area contributed by atoms with Crippen molar-refractivity contribution in [2.24, 2.45) is 0 Å². The minimum absolute atomic E-state index is 0.0321. The molecule has 0 aliphatic carbocycles. The Morgan fingerprint density at radius 3 is 2.33 bits per heavy atom. The number of hydrogen-bond donors (Lipinski definition) is 1. The molecule has 0 heterocycles. The Morgan fingerprint density at radius 2 is 1.76 bits per heavy atom. The lowest BCUT2D eigenvalue weighted by Gasteiger charge is -2.27. The van der Waals surface area contributed by atoms with Gasteiger partial charge in [-0.25, -0.2) is 0 Å². The molecule has 2 rings (SSSR count). The molecule has 0 fully saturated rings. The predicted octanol–water partition coefficient (Wildman–Crippen LogP) is 3.92. The number of benzene rings is 2. The lowest BCUT2D eigenvalue weighted by atomic mass is 10.1. The zero-order valence-electron chi connectivity index (χ0n) is 12.2. The van der Waals surface area contributed by atoms with Crippen LogP contribution in [0.5, 0.6) is 0 Å². The monoisotopic (exact) mass is 394 g/mol. The number of halogens is 1. The van der Waals surface area contributed by atoms with Gasteiger partial charge in [-0.15, -0.1) is 0 Å². The van der Waals surface area contributed by atoms with E-state index in [0.717, 1.165) is 14.8 Å². The van der Waals surface area contributed by atoms with Gasteiger partial charge in [0.05, 0.1) is 0 Å². The quantitative estimate of drug-likeness (QED) is 0.631. The maximum Gasteiger partial charge on any atom is 0.254 e. The van der Waals surface area contributed by atoms with Gasteiger partial charge in [-0.3, -0.25) is 4.79 Å². The fourth-order valence-corrected chi connectivity index (χ4v) is 2.47. The Balaban J connectivity index is 2.25. The van der Waals surface area contributed by atoms with Crippen molar-refractivity contribution in [2.45, 2.75) is 26.4 Å². The number of carbonyl (C=O) groups excluding carboxylic acids is 1. The molecule has 0 radical (unpaired) electrons. The second-order valence-electron chi connectivity index (χ2n) is 5.23. The third-order valence-electron chi connectivity index (χ3n) is 3.37. The topological polar surface area (TPSA) is 46.3 Å². The smallest absolute Gasteiger partial charge is 0.254 e. The molecule has 110 valence electrons. The molecule has 2 N–H and O–H groups in total. The first kappa shape index (κ1) is 15.8. The molecule has 4 heteroatoms. The largest absolute Gasteiger partial charge is 0.398 e. The highest BCUT2D eigenvalue weighted by atomic mass is 127. The van der Waals surface area contributed by atoms with Gasteiger partial charge < -0.3 is 10.6 Å². The second-order valence-corrected chi connectivity index (χ2v) is 6.48. The van der Waals surface area contributed by atoms with Crippen molar-refractivity contribution >= 4 is 34.2 Å². The average molecular weight is 394 g/mol. The molecule has 0 bridgehead atoms. The molecule has 3 nitrogen and oxygen atoms in total. The van der Waals surface area contributed by atoms with E-state index < -0.39 is 0 Å². The minimum atomic E-state index is 0.0321. The molecule has 1 amide bonds. The van der Waals surface area contributed by atoms with E-state index in [0.29, 0.717) is 12.1 Å². The number of rotatable bonds is 4. The number of nitrogens with zero attached hydrogens (tertiary/aromatic N) is 1. The first-order chi connectivity index (χ1) is 9.99. The molecule has 0 atom stereocenters. The van der Waals surface area contributed by atoms with Crippen molar-refractivity contribution in [2.75, 3.05) is 5.73 Å². The molecular formula is C17H19IN2O. The van der Waals surface area contributed by atoms with Gasteiger partial charge in [0, 0.05) is 27.4 Å². The number of anilines is 1. The van der Waals surface area contributed by atoms with Crippen LogP contribution in [0.2, 0.25) is 0 Å². The van der Waals surface area contributed by atoms with Crippen LogP contribution in [-0.2, 0) is 6.54 Å². The fourth-order valence-electron chi connectivity index (χ4n) is 2.11. The van der Waals surface area contributed by atoms with Gasteiger partial charge in [0.1, 0.15) is 0 Å². The van der Waals surface area contributed by atoms with Crippen LogP contribution in [-0.4, -0.2) is 16.8 Å². The van der Waals surface area contributed by atoms with Crippen LogP contribution in [0.1, 0.15) is 29.8 Å². The summed E-state index contributed by atoms with van der Waals surface area (Å²) in [4.78, 5) is 14.5. The van der Waals surface area contributed by atoms with Gasteiger partial charge in [-0.2, -0.15) is 0 Å². The maximum atomic E-state index is 12.7. The Bertz CT molecular complexity index is 623. The zero-order chi connectivity index (χ0) is 15.4. The molecule has 0 saturated heterocycles. The third-order valence-corrected chi connectivity index (χ3v) is 4.09. The Hall–Kier alpha value is -1.56. The van der Waals surface area contributed by atoms with Crippen molar-refractivity contribution in [1.82, 2.24) is 4.90 Å². The van der Waals surface area contributed by atoms with Crippen LogP contribution in [0.4, 0.5) is 5.69 Å². The summed E-state index contributed by atoms with van der Waals surface area (Å²) in [6.07, 6.45) is 0. The highest BCUT2D eigenvalue weighted by Crippen LogP contribution is 2.18. The maximum absolute atomic E-state index is 12.7. The summed E-state index contributed by atoms with van der Waals surface area (Å²) >= 11 is 2.23. The van der Waals surface area contributed by atoms with Gasteiger partial charge in [0.2, 0.25) is 0 Å². The number of para-hydroxylation sites is 1. The molecule has 21 heavy (non-hydrogen) atoms. The number of nitrogen functional groups attached to an aromatic ring is 1. The van der Waals surface area contributed by atoms with Crippen molar-refractivity contribution in [3.8, 4) is 0 Å². The van der Waals surface area contributed by atoms with E-state index in [1.807, 2.05) is 67.3 Å². The summed E-state index contributed by atoms with van der Waals surface area (Å²) in [7, 11) is 0. The molecule has 0 aliphatic rings. The number of hydrogen-bond acceptors (Lipinski definition) is 2. The Morgan fingerprint density at radius 1 is 1.14 bits per heavy atom. The summed E-state index contributed by atoms with van der Waals surface area (Å²) in [6.45, 7) is 4.56. The van der Waals surface area contributed by atoms with Crippen LogP contribution < -0.4 is 5.73 Å². The fraction of sp³-hybridized carbons (Fsp3) is 0.235. The standard InChI is InChI=1S/C17H19IN2O/c1-12(2)20(11-14-5-3-4-6-16(14)19)17(21)13-7-9-15(18)10-8-13/h3-10,12H,11,19H2,1-2H3. The minimum Gasteiger partial charge on any atom is -0.398 e. The van der Waals surface area contributed by atoms with E-state index >= 15 is 0 Å². The van der Waals surface area contributed by atoms with E-state index in [-0.39, 0.29) is 11.9 Å². The highest BCUT2D eigenvalue weighted by molar-refractivity contribution is 14.1. The summed E-state index contributed by atoms with van der Waals surface area (Å²) < 4.78 is 1.12. The zero-order valence-corrected chi connectivity index (χ0v) is 14.4. The lowest BCUT2D eigenvalue weighted by Crippen LogP contribution is -2.36. The summed E-state index contributed by atoms with van der Waals surface area (Å²) in [6, 6.07) is 15.4. The first-order valence-corrected chi connectivity index (χ1v) is 7.97. The molecule has 0 spiro atoms. The van der Waals surface area contributed by atoms with Crippen LogP contribution in [0.15, 0.2) is 48.5 Å². The highest BCUT2D eigenvalue weighted by Gasteiger charge is 2.19. The van der Waals surface area contributed by atoms with E-state index in [1.54, 1.807) is 0 Å². The van der Waals surface area contributed by atoms with Gasteiger partial charge in [0.25, 0.3) is 5.91 Å². The van der Waals surface area contributed by atoms with E-state index in [4.69, 9.17) is 5.73 Å². The van der Waals surface area contributed by atoms with E-state index in [2.05, 4.69) is 22.6 Å². The molecule has 0 aliphatic heterocycles. The molecular weight excluding hydrogens is 375 g/mol. The summed E-state index contributed by atoms with van der Waals surface area (Å²) in [5, 5.41) is 0. The van der Waals surface area contributed by atoms with E-state index in [1.165, 1.54) is 0 Å². The van der Waals surface area contributed by atoms with Gasteiger partial charge in [0.15, 0.2) is 0 Å². The van der Waals surface area contributed by atoms with Crippen molar-refractivity contribution in [3.05, 3.63) is 63.2 Å². The van der Waals surface area contributed by atoms with Gasteiger partial charge >= 0.3 is 0 Å². The molecule has 2 aromatic rings. The predicted molar refractivity (Wildman–Crippen MR) is 95.0 cm³/mol. The first-order valence-electron chi connectivity index (χ1n) is 6.89. The van der Waals surface area contributed by atoms with Gasteiger partial charge in [-0.05, 0) is 72.3 Å². The molecule has 0 saturated carbocycles. The Kier molecular flexibility index (Phi) is 5.22. The van der Waals surface area contributed by atoms with Crippen LogP contribution in [0.3, 0.4) is 0 Å². The summed E-state index contributed by atoms with van der Waals surface area (Å²) in [5.41, 5.74) is 8.39. The summed E-state index contributed by atoms with van der Waals surface area (Å²) in [5.74, 6) is 0.0321. The second kappa shape index (κ2) is 6.93. The SMILES string of the molecule is CC(C)N(Cc1ccccc1N)C(=O)c1ccc(I)cc1. The third kappa shape index (κ3) is 3.97. The van der Waals surface area contributed by atoms with E-state index in [9.17, 15) is 4.79 Å². The normalized spacial score (nSPS) is 10.7. The number of nitrogens with two attached hydrogens (primary N) is 1. The molecule has 0 aromatic heterocycles. The van der Waals surface area contributed by atoms with Crippen molar-refractivity contribution < 1.29 is 4.79 Å². The lowest BCUT2D eigenvalue weighted by molar-refractivity contribution is 0.0691. The molecule has 2 aromatic carbocycles.